The number of benzene rings is 1. The number of rotatable bonds is 11. The van der Waals surface area contributed by atoms with Gasteiger partial charge in [0.2, 0.25) is 21.8 Å². The van der Waals surface area contributed by atoms with E-state index in [2.05, 4.69) is 20.4 Å². The summed E-state index contributed by atoms with van der Waals surface area (Å²) in [5.41, 5.74) is 5.55. The van der Waals surface area contributed by atoms with Gasteiger partial charge in [-0.2, -0.15) is 0 Å². The predicted molar refractivity (Wildman–Crippen MR) is 172 cm³/mol. The largest absolute Gasteiger partial charge is 0.384 e. The van der Waals surface area contributed by atoms with Crippen molar-refractivity contribution >= 4 is 27.7 Å². The van der Waals surface area contributed by atoms with Crippen LogP contribution in [0.2, 0.25) is 0 Å². The highest BCUT2D eigenvalue weighted by Gasteiger charge is 2.49. The van der Waals surface area contributed by atoms with Gasteiger partial charge in [-0.15, -0.1) is 5.10 Å². The van der Waals surface area contributed by atoms with Crippen molar-refractivity contribution in [2.45, 2.75) is 126 Å². The van der Waals surface area contributed by atoms with Crippen molar-refractivity contribution in [3.8, 4) is 0 Å². The van der Waals surface area contributed by atoms with E-state index in [1.807, 2.05) is 0 Å². The van der Waals surface area contributed by atoms with Gasteiger partial charge in [-0.05, 0) is 81.5 Å². The molecule has 47 heavy (non-hydrogen) atoms. The Morgan fingerprint density at radius 3 is 2.36 bits per heavy atom. The molecule has 2 heterocycles. The summed E-state index contributed by atoms with van der Waals surface area (Å²) in [4.78, 5) is 41.9. The van der Waals surface area contributed by atoms with E-state index in [9.17, 15) is 27.9 Å². The Kier molecular flexibility index (Phi) is 9.22. The van der Waals surface area contributed by atoms with Crippen molar-refractivity contribution < 1.29 is 27.9 Å². The maximum atomic E-state index is 14.2. The highest BCUT2D eigenvalue weighted by atomic mass is 32.2. The molecule has 0 radical (unpaired) electrons. The summed E-state index contributed by atoms with van der Waals surface area (Å²) < 4.78 is 30.4. The lowest BCUT2D eigenvalue weighted by Crippen LogP contribution is -2.53. The van der Waals surface area contributed by atoms with Crippen LogP contribution in [0.4, 0.5) is 0 Å². The minimum Gasteiger partial charge on any atom is -0.384 e. The zero-order chi connectivity index (χ0) is 33.6. The molecule has 256 valence electrons. The molecule has 2 unspecified atom stereocenters. The fourth-order valence-corrected chi connectivity index (χ4v) is 9.34. The van der Waals surface area contributed by atoms with Crippen molar-refractivity contribution in [1.29, 1.82) is 0 Å². The molecule has 1 aromatic heterocycles. The minimum atomic E-state index is -3.73. The number of primary amides is 1. The maximum Gasteiger partial charge on any atom is 0.251 e. The normalized spacial score (nSPS) is 24.0. The molecule has 3 saturated carbocycles. The Bertz CT molecular complexity index is 1580. The number of aromatic nitrogens is 3. The molecule has 1 saturated heterocycles. The first-order chi connectivity index (χ1) is 22.2. The molecule has 0 bridgehead atoms. The van der Waals surface area contributed by atoms with Crippen molar-refractivity contribution in [3.63, 3.8) is 0 Å². The molecule has 4 fully saturated rings. The number of nitrogens with zero attached hydrogens (tertiary/aromatic N) is 4. The van der Waals surface area contributed by atoms with Crippen molar-refractivity contribution in [2.24, 2.45) is 17.1 Å². The second-order valence-electron chi connectivity index (χ2n) is 14.8. The van der Waals surface area contributed by atoms with Crippen LogP contribution in [-0.4, -0.2) is 75.8 Å². The summed E-state index contributed by atoms with van der Waals surface area (Å²) in [6.07, 6.45) is 12.5. The number of nitrogens with one attached hydrogen (secondary N) is 2. The lowest BCUT2D eigenvalue weighted by atomic mass is 9.54. The summed E-state index contributed by atoms with van der Waals surface area (Å²) >= 11 is 0. The van der Waals surface area contributed by atoms with E-state index >= 15 is 0 Å². The van der Waals surface area contributed by atoms with E-state index in [0.717, 1.165) is 44.9 Å². The maximum absolute atomic E-state index is 14.2. The number of carbonyl (C=O) groups excluding carboxylic acids is 3. The number of aliphatic hydroxyl groups is 1. The van der Waals surface area contributed by atoms with Gasteiger partial charge in [0.15, 0.2) is 0 Å². The Labute approximate surface area is 276 Å². The lowest BCUT2D eigenvalue weighted by Gasteiger charge is -2.54. The third-order valence-corrected chi connectivity index (χ3v) is 12.4. The predicted octanol–water partition coefficient (Wildman–Crippen LogP) is 2.51. The number of amides is 3. The van der Waals surface area contributed by atoms with Crippen molar-refractivity contribution in [1.82, 2.24) is 29.9 Å². The summed E-state index contributed by atoms with van der Waals surface area (Å²) in [6.45, 7) is 3.33. The van der Waals surface area contributed by atoms with E-state index in [1.165, 1.54) is 54.6 Å². The number of hydrogen-bond acceptors (Lipinski definition) is 8. The Morgan fingerprint density at radius 2 is 1.77 bits per heavy atom. The summed E-state index contributed by atoms with van der Waals surface area (Å²) in [5, 5.41) is 21.6. The van der Waals surface area contributed by atoms with E-state index in [-0.39, 0.29) is 35.4 Å². The molecular formula is C33H47N7O6S. The van der Waals surface area contributed by atoms with Crippen LogP contribution in [0.5, 0.6) is 0 Å². The van der Waals surface area contributed by atoms with E-state index < -0.39 is 51.5 Å². The average molecular weight is 670 g/mol. The highest BCUT2D eigenvalue weighted by molar-refractivity contribution is 7.89. The molecule has 4 aliphatic rings. The van der Waals surface area contributed by atoms with Gasteiger partial charge >= 0.3 is 0 Å². The molecule has 2 aromatic rings. The molecule has 3 aliphatic carbocycles. The van der Waals surface area contributed by atoms with Crippen molar-refractivity contribution in [2.75, 3.05) is 6.54 Å². The van der Waals surface area contributed by atoms with Gasteiger partial charge in [0.25, 0.3) is 5.91 Å². The topological polar surface area (TPSA) is 190 Å². The summed E-state index contributed by atoms with van der Waals surface area (Å²) in [5.74, 6) is -1.35. The van der Waals surface area contributed by atoms with Crippen LogP contribution in [0.15, 0.2) is 35.4 Å². The van der Waals surface area contributed by atoms with Gasteiger partial charge in [-0.25, -0.2) is 17.8 Å². The zero-order valence-electron chi connectivity index (χ0n) is 27.2. The third-order valence-electron chi connectivity index (χ3n) is 10.9. The van der Waals surface area contributed by atoms with Gasteiger partial charge in [0.05, 0.1) is 22.8 Å². The molecule has 1 spiro atoms. The van der Waals surface area contributed by atoms with E-state index in [1.54, 1.807) is 18.5 Å². The first-order valence-corrected chi connectivity index (χ1v) is 18.4. The Balaban J connectivity index is 1.17. The summed E-state index contributed by atoms with van der Waals surface area (Å²) in [7, 11) is -3.73. The smallest absolute Gasteiger partial charge is 0.251 e. The second kappa shape index (κ2) is 12.9. The zero-order valence-corrected chi connectivity index (χ0v) is 28.0. The number of sulfonamides is 1. The molecule has 14 heteroatoms. The van der Waals surface area contributed by atoms with Gasteiger partial charge < -0.3 is 21.1 Å². The third kappa shape index (κ3) is 7.09. The standard InChI is InChI=1S/C33H47N7O6S/c1-32(2,44)28-19-35-38-40(28)24-16-27(29(34)41)39(20-24)31(43)26(15-21-7-4-3-5-8-21)36-30(42)22-9-11-25(12-10-22)47(45,46)37-23-17-33(18-23)13-6-14-33/h9-12,19,21,23-24,26-27,37,44H,3-8,13-18,20H2,1-2H3,(H2,34,41)(H,36,42)/t24?,26-,27?/m1/s1. The number of nitrogens with two attached hydrogens (primary N) is 1. The average Bonchev–Trinajstić information content (AvgIpc) is 3.66. The van der Waals surface area contributed by atoms with E-state index in [0.29, 0.717) is 17.5 Å². The van der Waals surface area contributed by atoms with Gasteiger partial charge in [0.1, 0.15) is 17.7 Å². The number of carbonyl (C=O) groups is 3. The van der Waals surface area contributed by atoms with Crippen LogP contribution in [-0.2, 0) is 25.2 Å². The monoisotopic (exact) mass is 669 g/mol. The van der Waals surface area contributed by atoms with E-state index in [4.69, 9.17) is 5.73 Å². The molecule has 13 nitrogen and oxygen atoms in total. The Hall–Kier alpha value is -3.36. The molecule has 3 atom stereocenters. The first-order valence-electron chi connectivity index (χ1n) is 16.9. The summed E-state index contributed by atoms with van der Waals surface area (Å²) in [6, 6.07) is 3.40. The fourth-order valence-electron chi connectivity index (χ4n) is 8.10. The molecule has 5 N–H and O–H groups in total. The fraction of sp³-hybridized carbons (Fsp3) is 0.667. The molecule has 6 rings (SSSR count). The lowest BCUT2D eigenvalue weighted by molar-refractivity contribution is -0.139. The van der Waals surface area contributed by atoms with Crippen LogP contribution in [0, 0.1) is 11.3 Å². The quantitative estimate of drug-likeness (QED) is 0.281. The first kappa shape index (κ1) is 33.5. The van der Waals surface area contributed by atoms with Gasteiger partial charge in [0, 0.05) is 24.6 Å². The molecule has 3 amide bonds. The van der Waals surface area contributed by atoms with Crippen LogP contribution in [0.25, 0.3) is 0 Å². The second-order valence-corrected chi connectivity index (χ2v) is 16.5. The van der Waals surface area contributed by atoms with Crippen LogP contribution in [0.1, 0.15) is 113 Å². The molecule has 1 aliphatic heterocycles. The van der Waals surface area contributed by atoms with Crippen LogP contribution in [0.3, 0.4) is 0 Å². The number of likely N-dealkylation sites (tertiary alicyclic amines) is 1. The molecular weight excluding hydrogens is 622 g/mol. The van der Waals surface area contributed by atoms with Gasteiger partial charge in [-0.3, -0.25) is 14.4 Å². The molecule has 1 aromatic carbocycles. The van der Waals surface area contributed by atoms with Gasteiger partial charge in [-0.1, -0.05) is 43.7 Å². The SMILES string of the molecule is CC(C)(O)c1cnnn1C1CC(C(N)=O)N(C(=O)[C@@H](CC2CCCCC2)NC(=O)c2ccc(S(=O)(=O)NC3CC4(CCC4)C3)cc2)C1. The van der Waals surface area contributed by atoms with Crippen LogP contribution >= 0.6 is 0 Å². The highest BCUT2D eigenvalue weighted by Crippen LogP contribution is 2.56. The van der Waals surface area contributed by atoms with Crippen LogP contribution < -0.4 is 15.8 Å². The Morgan fingerprint density at radius 1 is 1.09 bits per heavy atom. The van der Waals surface area contributed by atoms with Crippen molar-refractivity contribution in [3.05, 3.63) is 41.7 Å². The number of hydrogen-bond donors (Lipinski definition) is 4. The minimum absolute atomic E-state index is 0.0597.